The molecule has 5 atom stereocenters. The number of aliphatic hydroxyl groups excluding tert-OH is 4. The van der Waals surface area contributed by atoms with Crippen LogP contribution in [0.2, 0.25) is 0 Å². The SMILES string of the molecule is CC(c1ccccc1)(c1ccccc1)c1c(Cc2ccccc2)c(Cc2ccccc2)cc(S(C)(=O)=O)c1O[C@H]1O[C@H]([C@@H](O)CO)[C@H](O)[C@H]1O. The van der Waals surface area contributed by atoms with Crippen LogP contribution in [-0.4, -0.2) is 72.4 Å². The summed E-state index contributed by atoms with van der Waals surface area (Å²) in [5.41, 5.74) is 4.85. The molecule has 5 aromatic rings. The molecule has 0 aromatic heterocycles. The molecule has 6 rings (SSSR count). The summed E-state index contributed by atoms with van der Waals surface area (Å²) < 4.78 is 40.2. The molecule has 0 radical (unpaired) electrons. The Labute approximate surface area is 293 Å². The van der Waals surface area contributed by atoms with E-state index in [4.69, 9.17) is 9.47 Å². The monoisotopic (exact) mass is 694 g/mol. The fourth-order valence-electron chi connectivity index (χ4n) is 6.93. The van der Waals surface area contributed by atoms with Crippen LogP contribution in [-0.2, 0) is 32.8 Å². The summed E-state index contributed by atoms with van der Waals surface area (Å²) in [6.45, 7) is 1.31. The van der Waals surface area contributed by atoms with Crippen LogP contribution in [0.4, 0.5) is 0 Å². The number of hydrogen-bond acceptors (Lipinski definition) is 8. The van der Waals surface area contributed by atoms with Crippen molar-refractivity contribution in [2.75, 3.05) is 12.9 Å². The van der Waals surface area contributed by atoms with Crippen LogP contribution in [0, 0.1) is 0 Å². The smallest absolute Gasteiger partial charge is 0.229 e. The first kappa shape index (κ1) is 35.5. The number of sulfone groups is 1. The van der Waals surface area contributed by atoms with E-state index in [0.717, 1.165) is 39.6 Å². The molecule has 1 heterocycles. The molecule has 0 spiro atoms. The molecule has 5 aromatic carbocycles. The standard InChI is InChI=1S/C41H42O8S/c1-41(30-19-11-5-12-20-30,31-21-13-6-14-22-31)35-32(24-28-17-9-4-10-18-28)29(23-27-15-7-3-8-16-27)25-34(50(2,46)47)39(35)49-40-37(45)36(44)38(48-40)33(43)26-42/h3-22,25,33,36-38,40,42-45H,23-24,26H2,1-2H3/t33-,36+,37+,38+,40+/m0/s1. The van der Waals surface area contributed by atoms with Gasteiger partial charge in [-0.15, -0.1) is 0 Å². The molecule has 1 aliphatic rings. The lowest BCUT2D eigenvalue weighted by molar-refractivity contribution is -0.138. The van der Waals surface area contributed by atoms with Crippen molar-refractivity contribution in [2.24, 2.45) is 0 Å². The van der Waals surface area contributed by atoms with Gasteiger partial charge in [-0.2, -0.15) is 0 Å². The van der Waals surface area contributed by atoms with E-state index in [0.29, 0.717) is 18.4 Å². The van der Waals surface area contributed by atoms with Crippen LogP contribution in [0.15, 0.2) is 132 Å². The van der Waals surface area contributed by atoms with Gasteiger partial charge in [0.15, 0.2) is 9.84 Å². The van der Waals surface area contributed by atoms with E-state index >= 15 is 0 Å². The van der Waals surface area contributed by atoms with Crippen molar-refractivity contribution in [3.05, 3.63) is 166 Å². The minimum atomic E-state index is -4.01. The van der Waals surface area contributed by atoms with Crippen molar-refractivity contribution in [3.63, 3.8) is 0 Å². The predicted octanol–water partition coefficient (Wildman–Crippen LogP) is 4.80. The second-order valence-corrected chi connectivity index (χ2v) is 15.0. The van der Waals surface area contributed by atoms with Gasteiger partial charge in [-0.3, -0.25) is 0 Å². The molecule has 1 fully saturated rings. The molecule has 1 aliphatic heterocycles. The highest BCUT2D eigenvalue weighted by Gasteiger charge is 2.49. The third-order valence-electron chi connectivity index (χ3n) is 9.57. The number of hydrogen-bond donors (Lipinski definition) is 4. The van der Waals surface area contributed by atoms with E-state index in [1.165, 1.54) is 0 Å². The molecular formula is C41H42O8S. The number of aliphatic hydroxyl groups is 4. The maximum Gasteiger partial charge on any atom is 0.229 e. The third kappa shape index (κ3) is 7.11. The zero-order valence-corrected chi connectivity index (χ0v) is 28.8. The molecule has 0 aliphatic carbocycles. The van der Waals surface area contributed by atoms with E-state index in [1.54, 1.807) is 6.07 Å². The van der Waals surface area contributed by atoms with Crippen LogP contribution in [0.25, 0.3) is 0 Å². The van der Waals surface area contributed by atoms with Crippen molar-refractivity contribution >= 4 is 9.84 Å². The van der Waals surface area contributed by atoms with Crippen LogP contribution in [0.1, 0.15) is 45.9 Å². The van der Waals surface area contributed by atoms with Crippen LogP contribution in [0.3, 0.4) is 0 Å². The zero-order valence-electron chi connectivity index (χ0n) is 28.0. The first-order valence-corrected chi connectivity index (χ1v) is 18.5. The summed E-state index contributed by atoms with van der Waals surface area (Å²) in [5, 5.41) is 42.0. The Kier molecular flexibility index (Phi) is 10.5. The van der Waals surface area contributed by atoms with E-state index in [2.05, 4.69) is 0 Å². The van der Waals surface area contributed by atoms with Gasteiger partial charge in [-0.25, -0.2) is 8.42 Å². The first-order chi connectivity index (χ1) is 24.0. The van der Waals surface area contributed by atoms with Crippen LogP contribution >= 0.6 is 0 Å². The van der Waals surface area contributed by atoms with Crippen molar-refractivity contribution in [3.8, 4) is 5.75 Å². The average molecular weight is 695 g/mol. The van der Waals surface area contributed by atoms with Gasteiger partial charge >= 0.3 is 0 Å². The van der Waals surface area contributed by atoms with Crippen molar-refractivity contribution in [1.82, 2.24) is 0 Å². The van der Waals surface area contributed by atoms with E-state index in [-0.39, 0.29) is 10.6 Å². The minimum Gasteiger partial charge on any atom is -0.460 e. The van der Waals surface area contributed by atoms with Gasteiger partial charge in [-0.1, -0.05) is 121 Å². The molecule has 9 heteroatoms. The Balaban J connectivity index is 1.72. The van der Waals surface area contributed by atoms with Gasteiger partial charge in [0.05, 0.1) is 6.61 Å². The van der Waals surface area contributed by atoms with E-state index in [1.807, 2.05) is 128 Å². The Bertz CT molecular complexity index is 1950. The van der Waals surface area contributed by atoms with Gasteiger partial charge in [0.1, 0.15) is 35.1 Å². The molecule has 8 nitrogen and oxygen atoms in total. The summed E-state index contributed by atoms with van der Waals surface area (Å²) in [7, 11) is -4.01. The summed E-state index contributed by atoms with van der Waals surface area (Å²) in [6.07, 6.45) is -5.78. The lowest BCUT2D eigenvalue weighted by Crippen LogP contribution is -2.40. The highest BCUT2D eigenvalue weighted by molar-refractivity contribution is 7.90. The lowest BCUT2D eigenvalue weighted by atomic mass is 9.67. The van der Waals surface area contributed by atoms with Crippen molar-refractivity contribution in [2.45, 2.75) is 60.8 Å². The Morgan fingerprint density at radius 2 is 1.24 bits per heavy atom. The van der Waals surface area contributed by atoms with E-state index in [9.17, 15) is 28.8 Å². The molecule has 50 heavy (non-hydrogen) atoms. The molecule has 0 unspecified atom stereocenters. The lowest BCUT2D eigenvalue weighted by Gasteiger charge is -2.37. The fourth-order valence-corrected chi connectivity index (χ4v) is 7.78. The summed E-state index contributed by atoms with van der Waals surface area (Å²) >= 11 is 0. The third-order valence-corrected chi connectivity index (χ3v) is 10.7. The Hall–Kier alpha value is -4.35. The molecule has 0 bridgehead atoms. The molecular weight excluding hydrogens is 653 g/mol. The summed E-state index contributed by atoms with van der Waals surface area (Å²) in [5.74, 6) is -0.0270. The first-order valence-electron chi connectivity index (χ1n) is 16.6. The number of benzene rings is 5. The van der Waals surface area contributed by atoms with Crippen LogP contribution < -0.4 is 4.74 Å². The maximum atomic E-state index is 13.9. The average Bonchev–Trinajstić information content (AvgIpc) is 3.41. The quantitative estimate of drug-likeness (QED) is 0.137. The number of rotatable bonds is 12. The van der Waals surface area contributed by atoms with Gasteiger partial charge in [-0.05, 0) is 59.2 Å². The highest BCUT2D eigenvalue weighted by Crippen LogP contribution is 2.50. The summed E-state index contributed by atoms with van der Waals surface area (Å²) in [4.78, 5) is -0.107. The zero-order chi connectivity index (χ0) is 35.5. The molecule has 1 saturated heterocycles. The Morgan fingerprint density at radius 3 is 1.72 bits per heavy atom. The molecule has 4 N–H and O–H groups in total. The van der Waals surface area contributed by atoms with Gasteiger partial charge in [0, 0.05) is 17.2 Å². The predicted molar refractivity (Wildman–Crippen MR) is 191 cm³/mol. The van der Waals surface area contributed by atoms with Gasteiger partial charge in [0.2, 0.25) is 6.29 Å². The topological polar surface area (TPSA) is 134 Å². The fraction of sp³-hybridized carbons (Fsp3) is 0.268. The number of ether oxygens (including phenoxy) is 2. The van der Waals surface area contributed by atoms with Crippen molar-refractivity contribution in [1.29, 1.82) is 0 Å². The maximum absolute atomic E-state index is 13.9. The second kappa shape index (κ2) is 14.9. The highest BCUT2D eigenvalue weighted by atomic mass is 32.2. The normalized spacial score (nSPS) is 20.0. The van der Waals surface area contributed by atoms with Crippen LogP contribution in [0.5, 0.6) is 5.75 Å². The Morgan fingerprint density at radius 1 is 0.760 bits per heavy atom. The largest absolute Gasteiger partial charge is 0.460 e. The van der Waals surface area contributed by atoms with E-state index < -0.39 is 52.6 Å². The molecule has 260 valence electrons. The summed E-state index contributed by atoms with van der Waals surface area (Å²) in [6, 6.07) is 40.9. The molecule has 0 amide bonds. The van der Waals surface area contributed by atoms with Crippen molar-refractivity contribution < 1.29 is 38.3 Å². The molecule has 0 saturated carbocycles. The van der Waals surface area contributed by atoms with Gasteiger partial charge < -0.3 is 29.9 Å². The second-order valence-electron chi connectivity index (χ2n) is 13.0. The van der Waals surface area contributed by atoms with Gasteiger partial charge in [0.25, 0.3) is 0 Å². The minimum absolute atomic E-state index is 0.0270.